The maximum Gasteiger partial charge on any atom is 0.229 e. The minimum atomic E-state index is -0.412. The molecule has 0 saturated carbocycles. The van der Waals surface area contributed by atoms with Gasteiger partial charge in [0.05, 0.1) is 24.4 Å². The third-order valence-corrected chi connectivity index (χ3v) is 4.91. The van der Waals surface area contributed by atoms with Crippen molar-refractivity contribution in [3.05, 3.63) is 78.3 Å². The highest BCUT2D eigenvalue weighted by Gasteiger charge is 2.34. The molecule has 0 spiro atoms. The van der Waals surface area contributed by atoms with Gasteiger partial charge in [0.15, 0.2) is 5.75 Å². The average molecular weight is 390 g/mol. The number of carbonyl (C=O) groups is 2. The van der Waals surface area contributed by atoms with Crippen molar-refractivity contribution in [1.82, 2.24) is 4.90 Å². The molecule has 1 aliphatic heterocycles. The van der Waals surface area contributed by atoms with Crippen molar-refractivity contribution in [2.45, 2.75) is 19.9 Å². The molecule has 2 amide bonds. The molecule has 6 nitrogen and oxygen atoms in total. The molecule has 0 radical (unpaired) electrons. The average Bonchev–Trinajstić information content (AvgIpc) is 3.36. The summed E-state index contributed by atoms with van der Waals surface area (Å²) >= 11 is 0. The molecule has 1 fully saturated rings. The summed E-state index contributed by atoms with van der Waals surface area (Å²) in [4.78, 5) is 26.7. The number of hydrogen-bond acceptors (Lipinski definition) is 4. The van der Waals surface area contributed by atoms with Crippen LogP contribution >= 0.6 is 0 Å². The van der Waals surface area contributed by atoms with Gasteiger partial charge in [-0.25, -0.2) is 0 Å². The van der Waals surface area contributed by atoms with Crippen LogP contribution in [0.15, 0.2) is 71.3 Å². The molecule has 4 rings (SSSR count). The van der Waals surface area contributed by atoms with Crippen molar-refractivity contribution < 1.29 is 18.7 Å². The Morgan fingerprint density at radius 2 is 1.93 bits per heavy atom. The first-order valence-corrected chi connectivity index (χ1v) is 9.53. The van der Waals surface area contributed by atoms with E-state index in [0.29, 0.717) is 36.0 Å². The number of hydrogen-bond donors (Lipinski definition) is 1. The molecule has 148 valence electrons. The summed E-state index contributed by atoms with van der Waals surface area (Å²) in [6, 6.07) is 18.6. The Bertz CT molecular complexity index is 996. The molecule has 29 heavy (non-hydrogen) atoms. The molecular weight excluding hydrogens is 368 g/mol. The van der Waals surface area contributed by atoms with Crippen molar-refractivity contribution in [2.24, 2.45) is 5.92 Å². The number of para-hydroxylation sites is 2. The fourth-order valence-electron chi connectivity index (χ4n) is 3.32. The van der Waals surface area contributed by atoms with E-state index in [4.69, 9.17) is 9.15 Å². The van der Waals surface area contributed by atoms with Crippen molar-refractivity contribution in [3.8, 4) is 11.5 Å². The lowest BCUT2D eigenvalue weighted by atomic mass is 10.1. The number of likely N-dealkylation sites (tertiary alicyclic amines) is 1. The second-order valence-electron chi connectivity index (χ2n) is 7.16. The van der Waals surface area contributed by atoms with E-state index in [1.807, 2.05) is 49.4 Å². The van der Waals surface area contributed by atoms with E-state index in [1.54, 1.807) is 29.4 Å². The van der Waals surface area contributed by atoms with Crippen LogP contribution in [0.5, 0.6) is 11.5 Å². The lowest BCUT2D eigenvalue weighted by molar-refractivity contribution is -0.128. The maximum atomic E-state index is 12.8. The zero-order valence-corrected chi connectivity index (χ0v) is 16.1. The minimum absolute atomic E-state index is 0.0502. The van der Waals surface area contributed by atoms with Gasteiger partial charge in [-0.3, -0.25) is 9.59 Å². The number of aryl methyl sites for hydroxylation is 1. The van der Waals surface area contributed by atoms with Crippen molar-refractivity contribution in [1.29, 1.82) is 0 Å². The summed E-state index contributed by atoms with van der Waals surface area (Å²) in [5.41, 5.74) is 1.72. The van der Waals surface area contributed by atoms with Crippen LogP contribution in [0.4, 0.5) is 5.69 Å². The molecule has 1 saturated heterocycles. The van der Waals surface area contributed by atoms with E-state index >= 15 is 0 Å². The van der Waals surface area contributed by atoms with Gasteiger partial charge in [0.2, 0.25) is 11.8 Å². The molecule has 1 unspecified atom stereocenters. The van der Waals surface area contributed by atoms with Gasteiger partial charge in [-0.05, 0) is 43.3 Å². The predicted molar refractivity (Wildman–Crippen MR) is 109 cm³/mol. The summed E-state index contributed by atoms with van der Waals surface area (Å²) in [7, 11) is 0. The van der Waals surface area contributed by atoms with Gasteiger partial charge in [-0.1, -0.05) is 29.8 Å². The number of anilines is 1. The third-order valence-electron chi connectivity index (χ3n) is 4.91. The molecule has 1 aromatic heterocycles. The SMILES string of the molecule is Cc1ccc(Oc2ccccc2NC(=O)C2CC(=O)N(Cc3ccco3)C2)cc1. The summed E-state index contributed by atoms with van der Waals surface area (Å²) in [6.45, 7) is 2.76. The Morgan fingerprint density at radius 1 is 1.14 bits per heavy atom. The highest BCUT2D eigenvalue weighted by atomic mass is 16.5. The Balaban J connectivity index is 1.42. The van der Waals surface area contributed by atoms with Gasteiger partial charge in [0.25, 0.3) is 0 Å². The first kappa shape index (κ1) is 18.8. The molecule has 0 bridgehead atoms. The van der Waals surface area contributed by atoms with Gasteiger partial charge in [0.1, 0.15) is 11.5 Å². The Morgan fingerprint density at radius 3 is 2.69 bits per heavy atom. The minimum Gasteiger partial charge on any atom is -0.467 e. The van der Waals surface area contributed by atoms with Crippen LogP contribution in [-0.2, 0) is 16.1 Å². The van der Waals surface area contributed by atoms with E-state index in [-0.39, 0.29) is 18.2 Å². The van der Waals surface area contributed by atoms with Gasteiger partial charge < -0.3 is 19.4 Å². The maximum absolute atomic E-state index is 12.8. The Kier molecular flexibility index (Phi) is 5.33. The summed E-state index contributed by atoms with van der Waals surface area (Å²) < 4.78 is 11.2. The predicted octanol–water partition coefficient (Wildman–Crippen LogP) is 4.37. The second kappa shape index (κ2) is 8.22. The fraction of sp³-hybridized carbons (Fsp3) is 0.217. The van der Waals surface area contributed by atoms with Crippen LogP contribution in [0.3, 0.4) is 0 Å². The van der Waals surface area contributed by atoms with Crippen molar-refractivity contribution in [2.75, 3.05) is 11.9 Å². The van der Waals surface area contributed by atoms with Crippen LogP contribution < -0.4 is 10.1 Å². The number of rotatable bonds is 6. The molecule has 0 aliphatic carbocycles. The van der Waals surface area contributed by atoms with Crippen molar-refractivity contribution in [3.63, 3.8) is 0 Å². The first-order chi connectivity index (χ1) is 14.1. The van der Waals surface area contributed by atoms with Crippen LogP contribution in [0.2, 0.25) is 0 Å². The largest absolute Gasteiger partial charge is 0.467 e. The molecular formula is C23H22N2O4. The number of benzene rings is 2. The molecule has 1 atom stereocenters. The van der Waals surface area contributed by atoms with E-state index < -0.39 is 5.92 Å². The smallest absolute Gasteiger partial charge is 0.229 e. The summed E-state index contributed by atoms with van der Waals surface area (Å²) in [6.07, 6.45) is 1.76. The Labute approximate surface area is 169 Å². The number of amides is 2. The Hall–Kier alpha value is -3.54. The number of nitrogens with zero attached hydrogens (tertiary/aromatic N) is 1. The molecule has 2 heterocycles. The van der Waals surface area contributed by atoms with E-state index in [1.165, 1.54) is 0 Å². The monoisotopic (exact) mass is 390 g/mol. The van der Waals surface area contributed by atoms with Crippen LogP contribution in [0.25, 0.3) is 0 Å². The van der Waals surface area contributed by atoms with E-state index in [9.17, 15) is 9.59 Å². The molecule has 3 aromatic rings. The normalized spacial score (nSPS) is 16.1. The van der Waals surface area contributed by atoms with Gasteiger partial charge in [-0.2, -0.15) is 0 Å². The number of furan rings is 1. The zero-order chi connectivity index (χ0) is 20.2. The van der Waals surface area contributed by atoms with Crippen LogP contribution in [-0.4, -0.2) is 23.3 Å². The third kappa shape index (κ3) is 4.48. The molecule has 6 heteroatoms. The lowest BCUT2D eigenvalue weighted by Gasteiger charge is -2.16. The molecule has 1 aliphatic rings. The number of ether oxygens (including phenoxy) is 1. The quantitative estimate of drug-likeness (QED) is 0.678. The number of carbonyl (C=O) groups excluding carboxylic acids is 2. The highest BCUT2D eigenvalue weighted by Crippen LogP contribution is 2.30. The second-order valence-corrected chi connectivity index (χ2v) is 7.16. The summed E-state index contributed by atoms with van der Waals surface area (Å²) in [5.74, 6) is 1.30. The van der Waals surface area contributed by atoms with Gasteiger partial charge in [0, 0.05) is 13.0 Å². The molecule has 2 aromatic carbocycles. The zero-order valence-electron chi connectivity index (χ0n) is 16.1. The fourth-order valence-corrected chi connectivity index (χ4v) is 3.32. The van der Waals surface area contributed by atoms with Crippen molar-refractivity contribution >= 4 is 17.5 Å². The number of nitrogens with one attached hydrogen (secondary N) is 1. The topological polar surface area (TPSA) is 71.8 Å². The van der Waals surface area contributed by atoms with Gasteiger partial charge >= 0.3 is 0 Å². The van der Waals surface area contributed by atoms with Gasteiger partial charge in [-0.15, -0.1) is 0 Å². The summed E-state index contributed by atoms with van der Waals surface area (Å²) in [5, 5.41) is 2.92. The van der Waals surface area contributed by atoms with Crippen LogP contribution in [0, 0.1) is 12.8 Å². The van der Waals surface area contributed by atoms with E-state index in [2.05, 4.69) is 5.32 Å². The highest BCUT2D eigenvalue weighted by molar-refractivity contribution is 5.98. The lowest BCUT2D eigenvalue weighted by Crippen LogP contribution is -2.28. The van der Waals surface area contributed by atoms with Crippen LogP contribution in [0.1, 0.15) is 17.7 Å². The first-order valence-electron chi connectivity index (χ1n) is 9.53. The molecule has 1 N–H and O–H groups in total. The van der Waals surface area contributed by atoms with E-state index in [0.717, 1.165) is 5.56 Å². The standard InChI is InChI=1S/C23H22N2O4/c1-16-8-10-18(11-9-16)29-21-7-3-2-6-20(21)24-23(27)17-13-22(26)25(14-17)15-19-5-4-12-28-19/h2-12,17H,13-15H2,1H3,(H,24,27).